The minimum atomic E-state index is -4.75. The van der Waals surface area contributed by atoms with Crippen molar-refractivity contribution in [3.05, 3.63) is 64.8 Å². The number of benzene rings is 1. The third-order valence-electron chi connectivity index (χ3n) is 5.32. The van der Waals surface area contributed by atoms with Crippen molar-refractivity contribution < 1.29 is 27.1 Å². The number of carbonyl (C=O) groups is 1. The summed E-state index contributed by atoms with van der Waals surface area (Å²) in [6.07, 6.45) is -1.62. The van der Waals surface area contributed by atoms with Crippen LogP contribution in [0, 0.1) is 5.82 Å². The fourth-order valence-electron chi connectivity index (χ4n) is 3.54. The normalized spacial score (nSPS) is 14.0. The molecule has 4 rings (SSSR count). The molecule has 1 saturated heterocycles. The summed E-state index contributed by atoms with van der Waals surface area (Å²) in [4.78, 5) is 28.2. The number of hydrogen-bond acceptors (Lipinski definition) is 7. The smallest absolute Gasteiger partial charge is 0.416 e. The molecule has 190 valence electrons. The van der Waals surface area contributed by atoms with Gasteiger partial charge in [0.05, 0.1) is 22.0 Å². The van der Waals surface area contributed by atoms with Crippen molar-refractivity contribution in [1.29, 1.82) is 0 Å². The van der Waals surface area contributed by atoms with E-state index in [2.05, 4.69) is 20.3 Å². The van der Waals surface area contributed by atoms with E-state index >= 15 is 0 Å². The van der Waals surface area contributed by atoms with E-state index in [1.165, 1.54) is 11.1 Å². The number of nitrogens with zero attached hydrogens (tertiary/aromatic N) is 5. The Morgan fingerprint density at radius 1 is 1.14 bits per heavy atom. The average Bonchev–Trinajstić information content (AvgIpc) is 2.85. The molecule has 3 N–H and O–H groups in total. The van der Waals surface area contributed by atoms with Crippen molar-refractivity contribution in [2.24, 2.45) is 0 Å². The summed E-state index contributed by atoms with van der Waals surface area (Å²) in [5, 5.41) is 1.45. The number of hydrogen-bond donors (Lipinski definition) is 2. The molecule has 1 aliphatic heterocycles. The van der Waals surface area contributed by atoms with Gasteiger partial charge in [-0.05, 0) is 30.3 Å². The zero-order valence-electron chi connectivity index (χ0n) is 18.6. The number of anilines is 3. The number of ether oxygens (including phenoxy) is 1. The highest BCUT2D eigenvalue weighted by Gasteiger charge is 2.33. The first-order chi connectivity index (χ1) is 17.1. The van der Waals surface area contributed by atoms with Gasteiger partial charge in [-0.1, -0.05) is 11.6 Å². The number of nitrogens with one attached hydrogen (secondary N) is 1. The Morgan fingerprint density at radius 2 is 1.89 bits per heavy atom. The lowest BCUT2D eigenvalue weighted by Gasteiger charge is -2.35. The van der Waals surface area contributed by atoms with Gasteiger partial charge in [-0.2, -0.15) is 13.2 Å². The van der Waals surface area contributed by atoms with E-state index in [1.807, 2.05) is 4.90 Å². The Morgan fingerprint density at radius 3 is 2.58 bits per heavy atom. The highest BCUT2D eigenvalue weighted by molar-refractivity contribution is 6.31. The van der Waals surface area contributed by atoms with Crippen LogP contribution in [0.3, 0.4) is 0 Å². The van der Waals surface area contributed by atoms with Crippen molar-refractivity contribution in [3.8, 4) is 5.75 Å². The van der Waals surface area contributed by atoms with Crippen LogP contribution in [0.25, 0.3) is 0 Å². The molecule has 9 nitrogen and oxygen atoms in total. The van der Waals surface area contributed by atoms with Gasteiger partial charge in [0, 0.05) is 38.6 Å². The van der Waals surface area contributed by atoms with Gasteiger partial charge in [0.15, 0.2) is 17.4 Å². The maximum absolute atomic E-state index is 14.3. The van der Waals surface area contributed by atoms with Crippen LogP contribution in [0.1, 0.15) is 11.3 Å². The molecule has 0 aliphatic carbocycles. The second-order valence-electron chi connectivity index (χ2n) is 7.74. The predicted molar refractivity (Wildman–Crippen MR) is 124 cm³/mol. The van der Waals surface area contributed by atoms with Gasteiger partial charge in [0.25, 0.3) is 0 Å². The summed E-state index contributed by atoms with van der Waals surface area (Å²) in [5.41, 5.74) is 4.36. The molecule has 36 heavy (non-hydrogen) atoms. The number of amides is 2. The van der Waals surface area contributed by atoms with Crippen LogP contribution >= 0.6 is 11.6 Å². The number of aromatic nitrogens is 3. The first kappa shape index (κ1) is 25.2. The summed E-state index contributed by atoms with van der Waals surface area (Å²) in [6.45, 7) is 1.26. The zero-order chi connectivity index (χ0) is 25.9. The maximum Gasteiger partial charge on any atom is 0.416 e. The number of carbonyl (C=O) groups excluding carboxylic acids is 1. The lowest BCUT2D eigenvalue weighted by atomic mass is 10.2. The summed E-state index contributed by atoms with van der Waals surface area (Å²) < 4.78 is 59.2. The van der Waals surface area contributed by atoms with Gasteiger partial charge < -0.3 is 25.6 Å². The van der Waals surface area contributed by atoms with E-state index in [9.17, 15) is 22.4 Å². The fraction of sp³-hybridized carbons (Fsp3) is 0.273. The highest BCUT2D eigenvalue weighted by Crippen LogP contribution is 2.35. The molecule has 14 heteroatoms. The van der Waals surface area contributed by atoms with Crippen LogP contribution < -0.4 is 20.7 Å². The Bertz CT molecular complexity index is 1250. The monoisotopic (exact) mass is 525 g/mol. The Balaban J connectivity index is 1.39. The molecule has 0 unspecified atom stereocenters. The van der Waals surface area contributed by atoms with E-state index in [0.717, 1.165) is 0 Å². The molecular formula is C22H20ClF4N7O2. The van der Waals surface area contributed by atoms with Gasteiger partial charge in [0.1, 0.15) is 6.61 Å². The quantitative estimate of drug-likeness (QED) is 0.480. The molecule has 3 heterocycles. The number of pyridine rings is 1. The summed E-state index contributed by atoms with van der Waals surface area (Å²) in [5.74, 6) is 0.0325. The van der Waals surface area contributed by atoms with Crippen molar-refractivity contribution >= 4 is 35.1 Å². The number of urea groups is 1. The van der Waals surface area contributed by atoms with Crippen LogP contribution in [0.5, 0.6) is 5.75 Å². The van der Waals surface area contributed by atoms with Crippen LogP contribution in [-0.2, 0) is 12.8 Å². The van der Waals surface area contributed by atoms with Crippen molar-refractivity contribution in [3.63, 3.8) is 0 Å². The van der Waals surface area contributed by atoms with Crippen LogP contribution in [-0.4, -0.2) is 52.1 Å². The Labute approximate surface area is 207 Å². The third kappa shape index (κ3) is 5.85. The molecule has 0 saturated carbocycles. The van der Waals surface area contributed by atoms with Crippen LogP contribution in [0.15, 0.2) is 42.7 Å². The predicted octanol–water partition coefficient (Wildman–Crippen LogP) is 4.20. The van der Waals surface area contributed by atoms with E-state index in [-0.39, 0.29) is 25.6 Å². The first-order valence-corrected chi connectivity index (χ1v) is 11.0. The molecule has 2 amide bonds. The lowest BCUT2D eigenvalue weighted by molar-refractivity contribution is -0.137. The minimum absolute atomic E-state index is 0.129. The standard InChI is InChI=1S/C22H20ClF4N7O2/c23-15-10-13(22(25,26)27)11-16(18(15)24)32-21(35)34-8-6-33(7-9-34)19-17(2-1-4-29-19)36-12-14-3-5-30-20(28)31-14/h1-5,10-11H,6-9,12H2,(H,32,35)(H2,28,30,31). The van der Waals surface area contributed by atoms with Crippen molar-refractivity contribution in [2.45, 2.75) is 12.8 Å². The first-order valence-electron chi connectivity index (χ1n) is 10.6. The molecule has 0 radical (unpaired) electrons. The number of nitrogens with two attached hydrogens (primary N) is 1. The molecule has 1 aliphatic rings. The minimum Gasteiger partial charge on any atom is -0.483 e. The van der Waals surface area contributed by atoms with Crippen LogP contribution in [0.2, 0.25) is 5.02 Å². The van der Waals surface area contributed by atoms with Gasteiger partial charge in [-0.25, -0.2) is 24.1 Å². The van der Waals surface area contributed by atoms with Gasteiger partial charge in [0.2, 0.25) is 5.95 Å². The molecule has 3 aromatic rings. The second-order valence-corrected chi connectivity index (χ2v) is 8.15. The second kappa shape index (κ2) is 10.4. The van der Waals surface area contributed by atoms with Crippen LogP contribution in [0.4, 0.5) is 39.8 Å². The molecule has 0 spiro atoms. The number of alkyl halides is 3. The van der Waals surface area contributed by atoms with Crippen molar-refractivity contribution in [1.82, 2.24) is 19.9 Å². The average molecular weight is 526 g/mol. The van der Waals surface area contributed by atoms with E-state index in [0.29, 0.717) is 42.5 Å². The number of rotatable bonds is 5. The van der Waals surface area contributed by atoms with E-state index in [1.54, 1.807) is 24.4 Å². The van der Waals surface area contributed by atoms with Crippen molar-refractivity contribution in [2.75, 3.05) is 42.1 Å². The highest BCUT2D eigenvalue weighted by atomic mass is 35.5. The van der Waals surface area contributed by atoms with E-state index < -0.39 is 34.3 Å². The summed E-state index contributed by atoms with van der Waals surface area (Å²) >= 11 is 5.59. The maximum atomic E-state index is 14.3. The Kier molecular flexibility index (Phi) is 7.29. The molecular weight excluding hydrogens is 506 g/mol. The molecule has 1 aromatic carbocycles. The summed E-state index contributed by atoms with van der Waals surface area (Å²) in [6, 6.07) is 5.36. The van der Waals surface area contributed by atoms with Gasteiger partial charge in [-0.15, -0.1) is 0 Å². The molecule has 0 bridgehead atoms. The van der Waals surface area contributed by atoms with Gasteiger partial charge >= 0.3 is 12.2 Å². The zero-order valence-corrected chi connectivity index (χ0v) is 19.4. The number of nitrogen functional groups attached to an aromatic ring is 1. The molecule has 2 aromatic heterocycles. The topological polar surface area (TPSA) is 109 Å². The number of halogens is 5. The molecule has 0 atom stereocenters. The molecule has 1 fully saturated rings. The largest absolute Gasteiger partial charge is 0.483 e. The number of piperazine rings is 1. The SMILES string of the molecule is Nc1nccc(COc2cccnc2N2CCN(C(=O)Nc3cc(C(F)(F)F)cc(Cl)c3F)CC2)n1. The Hall–Kier alpha value is -3.87. The fourth-order valence-corrected chi connectivity index (χ4v) is 3.76. The summed E-state index contributed by atoms with van der Waals surface area (Å²) in [7, 11) is 0. The lowest BCUT2D eigenvalue weighted by Crippen LogP contribution is -2.50. The third-order valence-corrected chi connectivity index (χ3v) is 5.60. The van der Waals surface area contributed by atoms with E-state index in [4.69, 9.17) is 22.1 Å². The van der Waals surface area contributed by atoms with Gasteiger partial charge in [-0.3, -0.25) is 0 Å².